The Balaban J connectivity index is 1.63. The molecule has 0 aliphatic carbocycles. The van der Waals surface area contributed by atoms with Crippen LogP contribution in [0.1, 0.15) is 30.0 Å². The third-order valence-electron chi connectivity index (χ3n) is 4.73. The predicted octanol–water partition coefficient (Wildman–Crippen LogP) is 4.08. The van der Waals surface area contributed by atoms with Crippen LogP contribution in [0.25, 0.3) is 0 Å². The molecular formula is C20H24N2O. The predicted molar refractivity (Wildman–Crippen MR) is 96.1 cm³/mol. The Morgan fingerprint density at radius 2 is 1.96 bits per heavy atom. The zero-order valence-electron chi connectivity index (χ0n) is 14.1. The first kappa shape index (κ1) is 15.6. The van der Waals surface area contributed by atoms with E-state index in [-0.39, 0.29) is 11.9 Å². The Hall–Kier alpha value is -2.29. The largest absolute Gasteiger partial charge is 0.384 e. The number of nitrogens with zero attached hydrogens (tertiary/aromatic N) is 1. The number of benzene rings is 2. The summed E-state index contributed by atoms with van der Waals surface area (Å²) in [5, 5.41) is 3.40. The van der Waals surface area contributed by atoms with Gasteiger partial charge in [-0.1, -0.05) is 30.3 Å². The second kappa shape index (κ2) is 6.45. The summed E-state index contributed by atoms with van der Waals surface area (Å²) in [6.07, 6.45) is 1.46. The molecule has 0 saturated carbocycles. The summed E-state index contributed by atoms with van der Waals surface area (Å²) >= 11 is 0. The zero-order valence-corrected chi connectivity index (χ0v) is 14.1. The molecule has 23 heavy (non-hydrogen) atoms. The lowest BCUT2D eigenvalue weighted by atomic mass is 10.1. The molecule has 0 radical (unpaired) electrons. The van der Waals surface area contributed by atoms with Gasteiger partial charge in [-0.3, -0.25) is 4.79 Å². The van der Waals surface area contributed by atoms with Crippen molar-refractivity contribution in [2.24, 2.45) is 0 Å². The first-order valence-corrected chi connectivity index (χ1v) is 8.28. The van der Waals surface area contributed by atoms with Crippen LogP contribution in [0.2, 0.25) is 0 Å². The van der Waals surface area contributed by atoms with Crippen LogP contribution in [0.4, 0.5) is 11.4 Å². The van der Waals surface area contributed by atoms with E-state index in [1.807, 2.05) is 23.1 Å². The number of amides is 1. The summed E-state index contributed by atoms with van der Waals surface area (Å²) in [5.41, 5.74) is 5.99. The fourth-order valence-electron chi connectivity index (χ4n) is 3.31. The molecule has 2 aromatic rings. The number of aryl methyl sites for hydroxylation is 1. The minimum atomic E-state index is 0.195. The molecule has 0 spiro atoms. The number of para-hydroxylation sites is 1. The summed E-state index contributed by atoms with van der Waals surface area (Å²) in [4.78, 5) is 14.6. The third-order valence-corrected chi connectivity index (χ3v) is 4.73. The highest BCUT2D eigenvalue weighted by molar-refractivity contribution is 5.96. The van der Waals surface area contributed by atoms with E-state index in [1.54, 1.807) is 0 Å². The van der Waals surface area contributed by atoms with Gasteiger partial charge in [0.05, 0.1) is 0 Å². The van der Waals surface area contributed by atoms with Gasteiger partial charge in [0.15, 0.2) is 0 Å². The molecule has 1 aliphatic rings. The van der Waals surface area contributed by atoms with E-state index in [1.165, 1.54) is 16.7 Å². The van der Waals surface area contributed by atoms with Crippen molar-refractivity contribution in [2.75, 3.05) is 16.8 Å². The van der Waals surface area contributed by atoms with Crippen molar-refractivity contribution in [1.29, 1.82) is 0 Å². The minimum absolute atomic E-state index is 0.195. The number of anilines is 2. The lowest BCUT2D eigenvalue weighted by Gasteiger charge is -2.23. The van der Waals surface area contributed by atoms with Crippen LogP contribution in [0.15, 0.2) is 42.5 Å². The van der Waals surface area contributed by atoms with Gasteiger partial charge in [0.1, 0.15) is 0 Å². The maximum Gasteiger partial charge on any atom is 0.229 e. The Labute approximate surface area is 138 Å². The number of carbonyl (C=O) groups is 1. The highest BCUT2D eigenvalue weighted by atomic mass is 16.2. The number of carbonyl (C=O) groups excluding carboxylic acids is 1. The molecule has 1 heterocycles. The molecule has 0 fully saturated rings. The van der Waals surface area contributed by atoms with Gasteiger partial charge in [-0.25, -0.2) is 0 Å². The Bertz CT molecular complexity index is 723. The van der Waals surface area contributed by atoms with E-state index in [0.717, 1.165) is 17.8 Å². The number of hydrogen-bond acceptors (Lipinski definition) is 2. The molecule has 2 aromatic carbocycles. The van der Waals surface area contributed by atoms with E-state index >= 15 is 0 Å². The standard InChI is InChI=1S/C20H24N2O/c1-14-7-6-9-18(16(14)3)21-12-11-20(23)22-15(2)13-17-8-4-5-10-19(17)22/h4-10,15,21H,11-13H2,1-3H3. The van der Waals surface area contributed by atoms with Crippen molar-refractivity contribution < 1.29 is 4.79 Å². The van der Waals surface area contributed by atoms with Crippen LogP contribution in [-0.4, -0.2) is 18.5 Å². The van der Waals surface area contributed by atoms with Gasteiger partial charge < -0.3 is 10.2 Å². The SMILES string of the molecule is Cc1cccc(NCCC(=O)N2c3ccccc3CC2C)c1C. The molecule has 1 unspecified atom stereocenters. The van der Waals surface area contributed by atoms with E-state index in [0.29, 0.717) is 13.0 Å². The lowest BCUT2D eigenvalue weighted by Crippen LogP contribution is -2.36. The van der Waals surface area contributed by atoms with Gasteiger partial charge in [-0.05, 0) is 56.0 Å². The Morgan fingerprint density at radius 1 is 1.17 bits per heavy atom. The maximum absolute atomic E-state index is 12.6. The van der Waals surface area contributed by atoms with Crippen molar-refractivity contribution in [1.82, 2.24) is 0 Å². The van der Waals surface area contributed by atoms with Crippen LogP contribution in [-0.2, 0) is 11.2 Å². The van der Waals surface area contributed by atoms with Crippen molar-refractivity contribution in [3.63, 3.8) is 0 Å². The summed E-state index contributed by atoms with van der Waals surface area (Å²) in [6.45, 7) is 7.00. The number of hydrogen-bond donors (Lipinski definition) is 1. The molecule has 1 aliphatic heterocycles. The minimum Gasteiger partial charge on any atom is -0.384 e. The van der Waals surface area contributed by atoms with Gasteiger partial charge >= 0.3 is 0 Å². The monoisotopic (exact) mass is 308 g/mol. The Morgan fingerprint density at radius 3 is 2.78 bits per heavy atom. The fourth-order valence-corrected chi connectivity index (χ4v) is 3.31. The molecule has 0 saturated heterocycles. The van der Waals surface area contributed by atoms with Crippen molar-refractivity contribution >= 4 is 17.3 Å². The highest BCUT2D eigenvalue weighted by Gasteiger charge is 2.29. The normalized spacial score (nSPS) is 16.3. The van der Waals surface area contributed by atoms with Crippen LogP contribution in [0, 0.1) is 13.8 Å². The van der Waals surface area contributed by atoms with Gasteiger partial charge in [-0.15, -0.1) is 0 Å². The maximum atomic E-state index is 12.6. The average Bonchev–Trinajstić information content (AvgIpc) is 2.87. The van der Waals surface area contributed by atoms with Crippen LogP contribution in [0.3, 0.4) is 0 Å². The van der Waals surface area contributed by atoms with E-state index < -0.39 is 0 Å². The van der Waals surface area contributed by atoms with E-state index in [2.05, 4.69) is 50.4 Å². The Kier molecular flexibility index (Phi) is 4.37. The van der Waals surface area contributed by atoms with Gasteiger partial charge in [0.2, 0.25) is 5.91 Å². The molecule has 0 bridgehead atoms. The molecule has 1 N–H and O–H groups in total. The van der Waals surface area contributed by atoms with Crippen LogP contribution >= 0.6 is 0 Å². The summed E-state index contributed by atoms with van der Waals surface area (Å²) in [5.74, 6) is 0.195. The second-order valence-electron chi connectivity index (χ2n) is 6.37. The topological polar surface area (TPSA) is 32.3 Å². The third kappa shape index (κ3) is 3.09. The van der Waals surface area contributed by atoms with Crippen LogP contribution in [0.5, 0.6) is 0 Å². The quantitative estimate of drug-likeness (QED) is 0.923. The van der Waals surface area contributed by atoms with Crippen LogP contribution < -0.4 is 10.2 Å². The summed E-state index contributed by atoms with van der Waals surface area (Å²) in [7, 11) is 0. The highest BCUT2D eigenvalue weighted by Crippen LogP contribution is 2.32. The van der Waals surface area contributed by atoms with Crippen molar-refractivity contribution in [2.45, 2.75) is 39.7 Å². The summed E-state index contributed by atoms with van der Waals surface area (Å²) in [6, 6.07) is 14.7. The van der Waals surface area contributed by atoms with E-state index in [9.17, 15) is 4.79 Å². The van der Waals surface area contributed by atoms with Crippen molar-refractivity contribution in [3.8, 4) is 0 Å². The molecule has 3 nitrogen and oxygen atoms in total. The molecule has 1 amide bonds. The molecule has 1 atom stereocenters. The second-order valence-corrected chi connectivity index (χ2v) is 6.37. The average molecular weight is 308 g/mol. The zero-order chi connectivity index (χ0) is 16.4. The smallest absolute Gasteiger partial charge is 0.229 e. The number of rotatable bonds is 4. The molecule has 3 rings (SSSR count). The first-order valence-electron chi connectivity index (χ1n) is 8.28. The number of nitrogens with one attached hydrogen (secondary N) is 1. The molecule has 0 aromatic heterocycles. The fraction of sp³-hybridized carbons (Fsp3) is 0.350. The number of fused-ring (bicyclic) bond motifs is 1. The summed E-state index contributed by atoms with van der Waals surface area (Å²) < 4.78 is 0. The van der Waals surface area contributed by atoms with Gasteiger partial charge in [-0.2, -0.15) is 0 Å². The van der Waals surface area contributed by atoms with Crippen molar-refractivity contribution in [3.05, 3.63) is 59.2 Å². The molecule has 3 heteroatoms. The lowest BCUT2D eigenvalue weighted by molar-refractivity contribution is -0.118. The van der Waals surface area contributed by atoms with E-state index in [4.69, 9.17) is 0 Å². The molecular weight excluding hydrogens is 284 g/mol. The van der Waals surface area contributed by atoms with Gasteiger partial charge in [0, 0.05) is 30.4 Å². The molecule has 120 valence electrons. The first-order chi connectivity index (χ1) is 11.1. The van der Waals surface area contributed by atoms with Gasteiger partial charge in [0.25, 0.3) is 0 Å².